The molecular formula is C24H31N3O3. The number of nitrogens with one attached hydrogen (secondary N) is 1. The summed E-state index contributed by atoms with van der Waals surface area (Å²) < 4.78 is 5.66. The van der Waals surface area contributed by atoms with Crippen LogP contribution >= 0.6 is 0 Å². The van der Waals surface area contributed by atoms with Gasteiger partial charge in [0.15, 0.2) is 6.61 Å². The van der Waals surface area contributed by atoms with Crippen LogP contribution in [0.3, 0.4) is 0 Å². The molecule has 1 N–H and O–H groups in total. The summed E-state index contributed by atoms with van der Waals surface area (Å²) in [5.74, 6) is 0.549. The Balaban J connectivity index is 1.52. The number of rotatable bonds is 10. The van der Waals surface area contributed by atoms with E-state index in [0.29, 0.717) is 18.7 Å². The van der Waals surface area contributed by atoms with Gasteiger partial charge in [-0.1, -0.05) is 44.2 Å². The van der Waals surface area contributed by atoms with Gasteiger partial charge in [-0.2, -0.15) is 0 Å². The molecule has 2 amide bonds. The highest BCUT2D eigenvalue weighted by atomic mass is 16.5. The van der Waals surface area contributed by atoms with Gasteiger partial charge in [0.2, 0.25) is 5.91 Å². The van der Waals surface area contributed by atoms with Crippen LogP contribution in [0.5, 0.6) is 5.75 Å². The number of carbonyl (C=O) groups excluding carboxylic acids is 2. The highest BCUT2D eigenvalue weighted by Crippen LogP contribution is 2.25. The van der Waals surface area contributed by atoms with E-state index in [1.807, 2.05) is 30.3 Å². The lowest BCUT2D eigenvalue weighted by Crippen LogP contribution is -2.29. The number of benzene rings is 2. The molecule has 3 rings (SSSR count). The molecule has 0 radical (unpaired) electrons. The topological polar surface area (TPSA) is 61.9 Å². The van der Waals surface area contributed by atoms with E-state index in [1.165, 1.54) is 5.56 Å². The largest absolute Gasteiger partial charge is 0.484 e. The zero-order valence-electron chi connectivity index (χ0n) is 17.9. The van der Waals surface area contributed by atoms with Crippen molar-refractivity contribution in [1.82, 2.24) is 10.2 Å². The van der Waals surface area contributed by atoms with Crippen molar-refractivity contribution in [3.05, 3.63) is 59.7 Å². The number of nitrogens with zero attached hydrogens (tertiary/aromatic N) is 2. The molecule has 2 aromatic carbocycles. The first kappa shape index (κ1) is 21.8. The predicted octanol–water partition coefficient (Wildman–Crippen LogP) is 3.35. The molecule has 1 saturated heterocycles. The summed E-state index contributed by atoms with van der Waals surface area (Å²) in [6, 6.07) is 15.5. The molecule has 1 fully saturated rings. The summed E-state index contributed by atoms with van der Waals surface area (Å²) in [6.07, 6.45) is 1.46. The second-order valence-corrected chi connectivity index (χ2v) is 7.44. The average molecular weight is 410 g/mol. The standard InChI is InChI=1S/C24H31N3O3/c1-3-26(4-2)17-20-10-6-5-9-19(20)16-25-23(28)18-30-22-12-7-11-21(15-22)27-14-8-13-24(27)29/h5-7,9-12,15H,3-4,8,13-14,16-18H2,1-2H3,(H,25,28). The highest BCUT2D eigenvalue weighted by molar-refractivity contribution is 5.95. The molecule has 1 heterocycles. The maximum Gasteiger partial charge on any atom is 0.258 e. The number of ether oxygens (including phenoxy) is 1. The first-order valence-corrected chi connectivity index (χ1v) is 10.7. The van der Waals surface area contributed by atoms with Gasteiger partial charge in [0.1, 0.15) is 5.75 Å². The molecule has 1 aliphatic rings. The van der Waals surface area contributed by atoms with Gasteiger partial charge in [0.25, 0.3) is 5.91 Å². The molecule has 0 bridgehead atoms. The van der Waals surface area contributed by atoms with Crippen LogP contribution in [0.25, 0.3) is 0 Å². The molecule has 0 spiro atoms. The molecule has 160 valence electrons. The molecule has 0 atom stereocenters. The molecule has 6 heteroatoms. The molecule has 6 nitrogen and oxygen atoms in total. The van der Waals surface area contributed by atoms with E-state index in [-0.39, 0.29) is 18.4 Å². The predicted molar refractivity (Wildman–Crippen MR) is 118 cm³/mol. The van der Waals surface area contributed by atoms with Crippen molar-refractivity contribution in [2.24, 2.45) is 0 Å². The summed E-state index contributed by atoms with van der Waals surface area (Å²) in [5.41, 5.74) is 3.17. The summed E-state index contributed by atoms with van der Waals surface area (Å²) in [4.78, 5) is 28.4. The van der Waals surface area contributed by atoms with E-state index < -0.39 is 0 Å². The fraction of sp³-hybridized carbons (Fsp3) is 0.417. The van der Waals surface area contributed by atoms with Gasteiger partial charge in [-0.3, -0.25) is 14.5 Å². The van der Waals surface area contributed by atoms with Gasteiger partial charge in [0.05, 0.1) is 0 Å². The lowest BCUT2D eigenvalue weighted by atomic mass is 10.1. The van der Waals surface area contributed by atoms with Crippen molar-refractivity contribution in [1.29, 1.82) is 0 Å². The maximum atomic E-state index is 12.3. The smallest absolute Gasteiger partial charge is 0.258 e. The van der Waals surface area contributed by atoms with Gasteiger partial charge >= 0.3 is 0 Å². The van der Waals surface area contributed by atoms with E-state index >= 15 is 0 Å². The molecule has 0 unspecified atom stereocenters. The summed E-state index contributed by atoms with van der Waals surface area (Å²) in [7, 11) is 0. The SMILES string of the molecule is CCN(CC)Cc1ccccc1CNC(=O)COc1cccc(N2CCCC2=O)c1. The van der Waals surface area contributed by atoms with E-state index in [4.69, 9.17) is 4.74 Å². The number of amides is 2. The van der Waals surface area contributed by atoms with Gasteiger partial charge in [-0.05, 0) is 42.8 Å². The second-order valence-electron chi connectivity index (χ2n) is 7.44. The van der Waals surface area contributed by atoms with Crippen LogP contribution in [0.2, 0.25) is 0 Å². The van der Waals surface area contributed by atoms with Gasteiger partial charge < -0.3 is 15.0 Å². The lowest BCUT2D eigenvalue weighted by Gasteiger charge is -2.20. The lowest BCUT2D eigenvalue weighted by molar-refractivity contribution is -0.123. The maximum absolute atomic E-state index is 12.3. The first-order chi connectivity index (χ1) is 14.6. The number of hydrogen-bond acceptors (Lipinski definition) is 4. The summed E-state index contributed by atoms with van der Waals surface area (Å²) in [5, 5.41) is 2.95. The zero-order valence-corrected chi connectivity index (χ0v) is 17.9. The monoisotopic (exact) mass is 409 g/mol. The van der Waals surface area contributed by atoms with Crippen LogP contribution in [0.15, 0.2) is 48.5 Å². The number of hydrogen-bond donors (Lipinski definition) is 1. The normalized spacial score (nSPS) is 13.7. The quantitative estimate of drug-likeness (QED) is 0.654. The van der Waals surface area contributed by atoms with Crippen LogP contribution in [0.4, 0.5) is 5.69 Å². The third kappa shape index (κ3) is 5.83. The minimum Gasteiger partial charge on any atom is -0.484 e. The number of carbonyl (C=O) groups is 2. The Hall–Kier alpha value is -2.86. The second kappa shape index (κ2) is 10.8. The van der Waals surface area contributed by atoms with E-state index in [0.717, 1.165) is 43.9 Å². The van der Waals surface area contributed by atoms with Crippen molar-refractivity contribution in [3.8, 4) is 5.75 Å². The number of anilines is 1. The van der Waals surface area contributed by atoms with Crippen LogP contribution in [-0.4, -0.2) is 43.0 Å². The third-order valence-electron chi connectivity index (χ3n) is 5.46. The van der Waals surface area contributed by atoms with Gasteiger partial charge in [-0.15, -0.1) is 0 Å². The minimum atomic E-state index is -0.171. The van der Waals surface area contributed by atoms with Crippen LogP contribution in [0, 0.1) is 0 Å². The van der Waals surface area contributed by atoms with E-state index in [1.54, 1.807) is 11.0 Å². The molecule has 0 aliphatic carbocycles. The molecule has 30 heavy (non-hydrogen) atoms. The fourth-order valence-corrected chi connectivity index (χ4v) is 3.63. The summed E-state index contributed by atoms with van der Waals surface area (Å²) in [6.45, 7) is 8.31. The average Bonchev–Trinajstić information content (AvgIpc) is 3.21. The van der Waals surface area contributed by atoms with Crippen LogP contribution < -0.4 is 15.0 Å². The Kier molecular flexibility index (Phi) is 7.85. The minimum absolute atomic E-state index is 0.0599. The van der Waals surface area contributed by atoms with Crippen LogP contribution in [-0.2, 0) is 22.7 Å². The Labute approximate surface area is 178 Å². The van der Waals surface area contributed by atoms with E-state index in [2.05, 4.69) is 36.2 Å². The van der Waals surface area contributed by atoms with Crippen molar-refractivity contribution in [3.63, 3.8) is 0 Å². The fourth-order valence-electron chi connectivity index (χ4n) is 3.63. The zero-order chi connectivity index (χ0) is 21.3. The highest BCUT2D eigenvalue weighted by Gasteiger charge is 2.21. The van der Waals surface area contributed by atoms with Gasteiger partial charge in [0, 0.05) is 37.8 Å². The van der Waals surface area contributed by atoms with Crippen molar-refractivity contribution in [2.75, 3.05) is 31.1 Å². The Morgan fingerprint density at radius 1 is 1.10 bits per heavy atom. The van der Waals surface area contributed by atoms with Crippen molar-refractivity contribution in [2.45, 2.75) is 39.8 Å². The van der Waals surface area contributed by atoms with E-state index in [9.17, 15) is 9.59 Å². The van der Waals surface area contributed by atoms with Crippen molar-refractivity contribution < 1.29 is 14.3 Å². The Morgan fingerprint density at radius 3 is 2.57 bits per heavy atom. The summed E-state index contributed by atoms with van der Waals surface area (Å²) >= 11 is 0. The van der Waals surface area contributed by atoms with Crippen molar-refractivity contribution >= 4 is 17.5 Å². The molecule has 2 aromatic rings. The molecule has 0 aromatic heterocycles. The molecular weight excluding hydrogens is 378 g/mol. The first-order valence-electron chi connectivity index (χ1n) is 10.7. The van der Waals surface area contributed by atoms with Gasteiger partial charge in [-0.25, -0.2) is 0 Å². The molecule has 0 saturated carbocycles. The Bertz CT molecular complexity index is 864. The molecule has 1 aliphatic heterocycles. The van der Waals surface area contributed by atoms with Crippen LogP contribution in [0.1, 0.15) is 37.8 Å². The Morgan fingerprint density at radius 2 is 1.87 bits per heavy atom. The third-order valence-corrected chi connectivity index (χ3v) is 5.46.